The van der Waals surface area contributed by atoms with Crippen molar-refractivity contribution in [2.24, 2.45) is 0 Å². The third-order valence-corrected chi connectivity index (χ3v) is 8.80. The van der Waals surface area contributed by atoms with Gasteiger partial charge in [-0.15, -0.1) is 0 Å². The van der Waals surface area contributed by atoms with E-state index < -0.39 is 0 Å². The average Bonchev–Trinajstić information content (AvgIpc) is 3.50. The molecular weight excluding hydrogens is 550 g/mol. The largest absolute Gasteiger partial charge is 0.456 e. The predicted octanol–water partition coefficient (Wildman–Crippen LogP) is 10.8. The van der Waals surface area contributed by atoms with Crippen LogP contribution in [0.4, 0.5) is 0 Å². The lowest BCUT2D eigenvalue weighted by molar-refractivity contribution is 0.669. The zero-order valence-corrected chi connectivity index (χ0v) is 24.4. The van der Waals surface area contributed by atoms with Crippen LogP contribution in [0.3, 0.4) is 0 Å². The second-order valence-electron chi connectivity index (χ2n) is 11.5. The number of rotatable bonds is 4. The van der Waals surface area contributed by atoms with Gasteiger partial charge in [0.05, 0.1) is 0 Å². The van der Waals surface area contributed by atoms with E-state index in [4.69, 9.17) is 19.4 Å². The third-order valence-electron chi connectivity index (χ3n) is 8.80. The van der Waals surface area contributed by atoms with Crippen LogP contribution in [0.15, 0.2) is 144 Å². The third kappa shape index (κ3) is 4.34. The van der Waals surface area contributed by atoms with Crippen molar-refractivity contribution < 1.29 is 4.42 Å². The van der Waals surface area contributed by atoms with Crippen molar-refractivity contribution in [2.75, 3.05) is 0 Å². The normalized spacial score (nSPS) is 13.2. The summed E-state index contributed by atoms with van der Waals surface area (Å²) in [5, 5.41) is 6.84. The second-order valence-corrected chi connectivity index (χ2v) is 11.5. The van der Waals surface area contributed by atoms with E-state index in [1.807, 2.05) is 18.2 Å². The summed E-state index contributed by atoms with van der Waals surface area (Å²) in [4.78, 5) is 15.3. The maximum absolute atomic E-state index is 6.24. The van der Waals surface area contributed by atoms with Crippen LogP contribution in [0.5, 0.6) is 0 Å². The summed E-state index contributed by atoms with van der Waals surface area (Å²) in [6.07, 6.45) is 8.29. The average molecular weight is 578 g/mol. The molecular formula is C41H27N3O. The highest BCUT2D eigenvalue weighted by molar-refractivity contribution is 6.16. The molecule has 1 aliphatic carbocycles. The molecule has 0 atom stereocenters. The molecule has 212 valence electrons. The SMILES string of the molecule is C1=CCCC(c2nc(-c3ccc4ccccc4c3)nc(-c3cccc4c(-c5cccc6oc7ccccc7c56)cccc34)n2)=C1. The van der Waals surface area contributed by atoms with Crippen molar-refractivity contribution in [3.8, 4) is 33.9 Å². The van der Waals surface area contributed by atoms with Crippen molar-refractivity contribution in [1.29, 1.82) is 0 Å². The van der Waals surface area contributed by atoms with Gasteiger partial charge >= 0.3 is 0 Å². The Kier molecular flexibility index (Phi) is 5.91. The fourth-order valence-electron chi connectivity index (χ4n) is 6.63. The summed E-state index contributed by atoms with van der Waals surface area (Å²) in [6, 6.07) is 42.3. The van der Waals surface area contributed by atoms with Crippen LogP contribution in [-0.2, 0) is 0 Å². The van der Waals surface area contributed by atoms with Gasteiger partial charge in [0.25, 0.3) is 0 Å². The molecule has 4 nitrogen and oxygen atoms in total. The molecule has 0 aliphatic heterocycles. The van der Waals surface area contributed by atoms with E-state index in [0.29, 0.717) is 11.6 Å². The van der Waals surface area contributed by atoms with E-state index >= 15 is 0 Å². The molecule has 4 heteroatoms. The first-order valence-corrected chi connectivity index (χ1v) is 15.3. The molecule has 6 aromatic carbocycles. The van der Waals surface area contributed by atoms with E-state index in [0.717, 1.165) is 84.6 Å². The lowest BCUT2D eigenvalue weighted by Crippen LogP contribution is -2.04. The summed E-state index contributed by atoms with van der Waals surface area (Å²) >= 11 is 0. The second kappa shape index (κ2) is 10.4. The molecule has 2 heterocycles. The summed E-state index contributed by atoms with van der Waals surface area (Å²) in [5.74, 6) is 2.09. The Balaban J connectivity index is 1.27. The number of fused-ring (bicyclic) bond motifs is 5. The van der Waals surface area contributed by atoms with Crippen LogP contribution < -0.4 is 0 Å². The Morgan fingerprint density at radius 3 is 2.09 bits per heavy atom. The van der Waals surface area contributed by atoms with Crippen LogP contribution in [0.2, 0.25) is 0 Å². The molecule has 0 N–H and O–H groups in total. The van der Waals surface area contributed by atoms with Gasteiger partial charge in [-0.25, -0.2) is 15.0 Å². The summed E-state index contributed by atoms with van der Waals surface area (Å²) in [5.41, 5.74) is 7.16. The molecule has 0 spiro atoms. The van der Waals surface area contributed by atoms with Crippen LogP contribution in [0.25, 0.3) is 83.0 Å². The van der Waals surface area contributed by atoms with Crippen LogP contribution in [0, 0.1) is 0 Å². The van der Waals surface area contributed by atoms with Gasteiger partial charge in [-0.3, -0.25) is 0 Å². The molecule has 2 aromatic heterocycles. The maximum Gasteiger partial charge on any atom is 0.164 e. The Labute approximate surface area is 260 Å². The lowest BCUT2D eigenvalue weighted by Gasteiger charge is -2.14. The number of allylic oxidation sites excluding steroid dienone is 4. The topological polar surface area (TPSA) is 51.8 Å². The molecule has 0 unspecified atom stereocenters. The first-order chi connectivity index (χ1) is 22.3. The summed E-state index contributed by atoms with van der Waals surface area (Å²) in [7, 11) is 0. The fourth-order valence-corrected chi connectivity index (χ4v) is 6.63. The van der Waals surface area contributed by atoms with Gasteiger partial charge in [-0.1, -0.05) is 121 Å². The highest BCUT2D eigenvalue weighted by Crippen LogP contribution is 2.41. The fraction of sp³-hybridized carbons (Fsp3) is 0.0488. The Bertz CT molecular complexity index is 2500. The minimum absolute atomic E-state index is 0.674. The molecule has 45 heavy (non-hydrogen) atoms. The zero-order valence-electron chi connectivity index (χ0n) is 24.4. The van der Waals surface area contributed by atoms with Crippen molar-refractivity contribution in [3.05, 3.63) is 145 Å². The standard InChI is InChI=1S/C41H27N3O/c1-2-12-27(13-3-1)39-42-40(29-24-23-26-11-4-5-14-28(26)25-29)44-41(43-39)34-20-9-16-30-31(17-8-18-32(30)34)33-19-10-22-37-38(33)35-15-6-7-21-36(35)45-37/h1-2,4-12,14-25H,3,13H2. The Morgan fingerprint density at radius 2 is 1.20 bits per heavy atom. The highest BCUT2D eigenvalue weighted by Gasteiger charge is 2.18. The smallest absolute Gasteiger partial charge is 0.164 e. The van der Waals surface area contributed by atoms with Gasteiger partial charge in [-0.2, -0.15) is 0 Å². The Morgan fingerprint density at radius 1 is 0.511 bits per heavy atom. The van der Waals surface area contributed by atoms with Gasteiger partial charge in [-0.05, 0) is 69.3 Å². The maximum atomic E-state index is 6.24. The van der Waals surface area contributed by atoms with Crippen LogP contribution >= 0.6 is 0 Å². The van der Waals surface area contributed by atoms with Crippen molar-refractivity contribution in [2.45, 2.75) is 12.8 Å². The summed E-state index contributed by atoms with van der Waals surface area (Å²) in [6.45, 7) is 0. The minimum atomic E-state index is 0.674. The molecule has 0 fully saturated rings. The van der Waals surface area contributed by atoms with Crippen LogP contribution in [0.1, 0.15) is 18.7 Å². The number of furan rings is 1. The van der Waals surface area contributed by atoms with E-state index in [1.165, 1.54) is 5.39 Å². The van der Waals surface area contributed by atoms with Gasteiger partial charge in [0.15, 0.2) is 17.5 Å². The number of aromatic nitrogens is 3. The first kappa shape index (κ1) is 25.6. The van der Waals surface area contributed by atoms with E-state index in [-0.39, 0.29) is 0 Å². The number of hydrogen-bond acceptors (Lipinski definition) is 4. The van der Waals surface area contributed by atoms with Crippen molar-refractivity contribution in [1.82, 2.24) is 15.0 Å². The van der Waals surface area contributed by atoms with Crippen molar-refractivity contribution >= 4 is 49.1 Å². The zero-order chi connectivity index (χ0) is 29.7. The van der Waals surface area contributed by atoms with Gasteiger partial charge < -0.3 is 4.42 Å². The minimum Gasteiger partial charge on any atom is -0.456 e. The van der Waals surface area contributed by atoms with Crippen LogP contribution in [-0.4, -0.2) is 15.0 Å². The monoisotopic (exact) mass is 577 g/mol. The molecule has 0 saturated heterocycles. The van der Waals surface area contributed by atoms with Gasteiger partial charge in [0.1, 0.15) is 11.2 Å². The van der Waals surface area contributed by atoms with E-state index in [1.54, 1.807) is 0 Å². The highest BCUT2D eigenvalue weighted by atomic mass is 16.3. The molecule has 0 amide bonds. The van der Waals surface area contributed by atoms with E-state index in [9.17, 15) is 0 Å². The quantitative estimate of drug-likeness (QED) is 0.209. The number of para-hydroxylation sites is 1. The Hall–Kier alpha value is -5.87. The number of benzene rings is 6. The molecule has 0 bridgehead atoms. The summed E-state index contributed by atoms with van der Waals surface area (Å²) < 4.78 is 6.24. The van der Waals surface area contributed by atoms with Gasteiger partial charge in [0, 0.05) is 21.9 Å². The van der Waals surface area contributed by atoms with E-state index in [2.05, 4.69) is 121 Å². The predicted molar refractivity (Wildman–Crippen MR) is 185 cm³/mol. The lowest BCUT2D eigenvalue weighted by atomic mass is 9.93. The molecule has 0 radical (unpaired) electrons. The molecule has 8 aromatic rings. The first-order valence-electron chi connectivity index (χ1n) is 15.3. The van der Waals surface area contributed by atoms with Gasteiger partial charge in [0.2, 0.25) is 0 Å². The van der Waals surface area contributed by atoms with Crippen molar-refractivity contribution in [3.63, 3.8) is 0 Å². The molecule has 9 rings (SSSR count). The number of nitrogens with zero attached hydrogens (tertiary/aromatic N) is 3. The number of hydrogen-bond donors (Lipinski definition) is 0. The molecule has 1 aliphatic rings. The molecule has 0 saturated carbocycles.